The number of benzene rings is 2. The van der Waals surface area contributed by atoms with Gasteiger partial charge in [0.25, 0.3) is 0 Å². The van der Waals surface area contributed by atoms with Crippen LogP contribution >= 0.6 is 24.0 Å². The van der Waals surface area contributed by atoms with Gasteiger partial charge in [0.05, 0.1) is 11.4 Å². The number of anilines is 1. The molecule has 1 fully saturated rings. The van der Waals surface area contributed by atoms with Crippen molar-refractivity contribution in [2.45, 2.75) is 30.7 Å². The fourth-order valence-electron chi connectivity index (χ4n) is 3.59. The van der Waals surface area contributed by atoms with Crippen LogP contribution < -0.4 is 20.3 Å². The molecular weight excluding hydrogens is 539 g/mol. The summed E-state index contributed by atoms with van der Waals surface area (Å²) in [4.78, 5) is 7.33. The Morgan fingerprint density at radius 3 is 2.53 bits per heavy atom. The van der Waals surface area contributed by atoms with Gasteiger partial charge >= 0.3 is 0 Å². The van der Waals surface area contributed by atoms with Gasteiger partial charge in [-0.1, -0.05) is 18.2 Å². The van der Waals surface area contributed by atoms with Crippen LogP contribution in [0.2, 0.25) is 0 Å². The molecular formula is C23H33IN4O3S. The molecule has 0 aromatic heterocycles. The molecule has 1 aliphatic heterocycles. The average Bonchev–Trinajstić information content (AvgIpc) is 2.77. The number of hydrogen-bond donors (Lipinski definition) is 2. The van der Waals surface area contributed by atoms with Gasteiger partial charge in [-0.2, -0.15) is 0 Å². The molecule has 2 N–H and O–H groups in total. The summed E-state index contributed by atoms with van der Waals surface area (Å²) in [5, 5.41) is 6.86. The zero-order valence-electron chi connectivity index (χ0n) is 18.7. The summed E-state index contributed by atoms with van der Waals surface area (Å²) < 4.78 is 28.8. The van der Waals surface area contributed by atoms with Crippen molar-refractivity contribution >= 4 is 45.5 Å². The predicted octanol–water partition coefficient (Wildman–Crippen LogP) is 3.31. The molecule has 0 amide bonds. The van der Waals surface area contributed by atoms with Crippen LogP contribution in [0.1, 0.15) is 19.8 Å². The van der Waals surface area contributed by atoms with E-state index in [1.807, 2.05) is 13.0 Å². The van der Waals surface area contributed by atoms with E-state index >= 15 is 0 Å². The van der Waals surface area contributed by atoms with Crippen molar-refractivity contribution in [2.75, 3.05) is 43.9 Å². The quantitative estimate of drug-likeness (QED) is 0.219. The highest BCUT2D eigenvalue weighted by molar-refractivity contribution is 14.0. The molecule has 176 valence electrons. The second-order valence-electron chi connectivity index (χ2n) is 7.62. The highest BCUT2D eigenvalue weighted by Gasteiger charge is 2.20. The second-order valence-corrected chi connectivity index (χ2v) is 9.63. The van der Waals surface area contributed by atoms with Gasteiger partial charge < -0.3 is 20.3 Å². The van der Waals surface area contributed by atoms with Crippen molar-refractivity contribution in [2.24, 2.45) is 4.99 Å². The van der Waals surface area contributed by atoms with E-state index in [2.05, 4.69) is 44.8 Å². The standard InChI is InChI=1S/C23H32N4O3S.HI/c1-3-24-23(25-15-17-30-21-11-13-22(14-12-21)31(2,28)29)26-19-8-7-16-27(18-19)20-9-5-4-6-10-20;/h4-6,9-14,19H,3,7-8,15-18H2,1-2H3,(H2,24,25,26);1H. The van der Waals surface area contributed by atoms with Crippen LogP contribution in [-0.4, -0.2) is 59.5 Å². The Balaban J connectivity index is 0.00000363. The van der Waals surface area contributed by atoms with E-state index in [9.17, 15) is 8.42 Å². The molecule has 2 aromatic carbocycles. The maximum atomic E-state index is 11.5. The normalized spacial score (nSPS) is 16.8. The first-order valence-corrected chi connectivity index (χ1v) is 12.6. The molecule has 0 saturated carbocycles. The Hall–Kier alpha value is -2.01. The lowest BCUT2D eigenvalue weighted by molar-refractivity contribution is 0.328. The molecule has 0 aliphatic carbocycles. The number of aliphatic imine (C=N–C) groups is 1. The smallest absolute Gasteiger partial charge is 0.191 e. The lowest BCUT2D eigenvalue weighted by Crippen LogP contribution is -2.51. The molecule has 1 heterocycles. The topological polar surface area (TPSA) is 83.0 Å². The average molecular weight is 573 g/mol. The molecule has 1 atom stereocenters. The maximum Gasteiger partial charge on any atom is 0.191 e. The zero-order valence-corrected chi connectivity index (χ0v) is 21.8. The third-order valence-corrected chi connectivity index (χ3v) is 6.24. The molecule has 3 rings (SSSR count). The Labute approximate surface area is 208 Å². The molecule has 1 saturated heterocycles. The number of hydrogen-bond acceptors (Lipinski definition) is 5. The van der Waals surface area contributed by atoms with Crippen LogP contribution in [0.15, 0.2) is 64.5 Å². The number of guanidine groups is 1. The number of para-hydroxylation sites is 1. The van der Waals surface area contributed by atoms with E-state index in [1.165, 1.54) is 11.9 Å². The Bertz CT molecular complexity index is 953. The number of sulfone groups is 1. The van der Waals surface area contributed by atoms with Crippen LogP contribution in [0, 0.1) is 0 Å². The van der Waals surface area contributed by atoms with Gasteiger partial charge in [0.1, 0.15) is 12.4 Å². The van der Waals surface area contributed by atoms with Crippen molar-refractivity contribution in [3.05, 3.63) is 54.6 Å². The van der Waals surface area contributed by atoms with Gasteiger partial charge in [-0.25, -0.2) is 13.4 Å². The summed E-state index contributed by atoms with van der Waals surface area (Å²) in [5.41, 5.74) is 1.26. The summed E-state index contributed by atoms with van der Waals surface area (Å²) in [6, 6.07) is 17.3. The summed E-state index contributed by atoms with van der Waals surface area (Å²) >= 11 is 0. The Morgan fingerprint density at radius 1 is 1.16 bits per heavy atom. The zero-order chi connectivity index (χ0) is 22.1. The SMILES string of the molecule is CCNC(=NCCOc1ccc(S(C)(=O)=O)cc1)NC1CCCN(c2ccccc2)C1.I. The molecule has 7 nitrogen and oxygen atoms in total. The maximum absolute atomic E-state index is 11.5. The molecule has 9 heteroatoms. The minimum atomic E-state index is -3.20. The van der Waals surface area contributed by atoms with E-state index < -0.39 is 9.84 Å². The van der Waals surface area contributed by atoms with Crippen molar-refractivity contribution < 1.29 is 13.2 Å². The van der Waals surface area contributed by atoms with Gasteiger partial charge in [0.2, 0.25) is 0 Å². The molecule has 32 heavy (non-hydrogen) atoms. The molecule has 1 aliphatic rings. The van der Waals surface area contributed by atoms with Crippen molar-refractivity contribution in [3.8, 4) is 5.75 Å². The molecule has 2 aromatic rings. The lowest BCUT2D eigenvalue weighted by atomic mass is 10.1. The fraction of sp³-hybridized carbons (Fsp3) is 0.435. The van der Waals surface area contributed by atoms with Crippen LogP contribution in [0.5, 0.6) is 5.75 Å². The lowest BCUT2D eigenvalue weighted by Gasteiger charge is -2.35. The number of ether oxygens (including phenoxy) is 1. The van der Waals surface area contributed by atoms with E-state index in [0.717, 1.165) is 38.4 Å². The van der Waals surface area contributed by atoms with Crippen LogP contribution in [-0.2, 0) is 9.84 Å². The number of nitrogens with one attached hydrogen (secondary N) is 2. The van der Waals surface area contributed by atoms with E-state index in [0.29, 0.717) is 24.9 Å². The first kappa shape index (κ1) is 26.2. The minimum absolute atomic E-state index is 0. The van der Waals surface area contributed by atoms with Gasteiger partial charge in [-0.3, -0.25) is 0 Å². The third kappa shape index (κ3) is 8.16. The number of halogens is 1. The first-order valence-electron chi connectivity index (χ1n) is 10.7. The number of nitrogens with zero attached hydrogens (tertiary/aromatic N) is 2. The largest absolute Gasteiger partial charge is 0.492 e. The summed E-state index contributed by atoms with van der Waals surface area (Å²) in [7, 11) is -3.20. The summed E-state index contributed by atoms with van der Waals surface area (Å²) in [6.07, 6.45) is 3.44. The van der Waals surface area contributed by atoms with Gasteiger partial charge in [-0.15, -0.1) is 24.0 Å². The third-order valence-electron chi connectivity index (χ3n) is 5.11. The highest BCUT2D eigenvalue weighted by Crippen LogP contribution is 2.19. The second kappa shape index (κ2) is 12.9. The Kier molecular flexibility index (Phi) is 10.6. The van der Waals surface area contributed by atoms with Crippen LogP contribution in [0.4, 0.5) is 5.69 Å². The van der Waals surface area contributed by atoms with Crippen molar-refractivity contribution in [3.63, 3.8) is 0 Å². The fourth-order valence-corrected chi connectivity index (χ4v) is 4.22. The number of rotatable bonds is 8. The van der Waals surface area contributed by atoms with Gasteiger partial charge in [0.15, 0.2) is 15.8 Å². The van der Waals surface area contributed by atoms with E-state index in [4.69, 9.17) is 4.74 Å². The molecule has 1 unspecified atom stereocenters. The van der Waals surface area contributed by atoms with Gasteiger partial charge in [-0.05, 0) is 56.2 Å². The highest BCUT2D eigenvalue weighted by atomic mass is 127. The number of piperidine rings is 1. The monoisotopic (exact) mass is 572 g/mol. The minimum Gasteiger partial charge on any atom is -0.492 e. The van der Waals surface area contributed by atoms with Crippen LogP contribution in [0.3, 0.4) is 0 Å². The summed E-state index contributed by atoms with van der Waals surface area (Å²) in [5.74, 6) is 1.42. The van der Waals surface area contributed by atoms with Crippen molar-refractivity contribution in [1.29, 1.82) is 0 Å². The molecule has 0 spiro atoms. The first-order chi connectivity index (χ1) is 15.0. The Morgan fingerprint density at radius 2 is 1.88 bits per heavy atom. The summed E-state index contributed by atoms with van der Waals surface area (Å²) in [6.45, 7) is 5.76. The molecule has 0 bridgehead atoms. The van der Waals surface area contributed by atoms with E-state index in [-0.39, 0.29) is 28.9 Å². The molecule has 0 radical (unpaired) electrons. The van der Waals surface area contributed by atoms with Crippen molar-refractivity contribution in [1.82, 2.24) is 10.6 Å². The van der Waals surface area contributed by atoms with Gasteiger partial charge in [0, 0.05) is 37.6 Å². The van der Waals surface area contributed by atoms with E-state index in [1.54, 1.807) is 24.3 Å². The van der Waals surface area contributed by atoms with Crippen LogP contribution in [0.25, 0.3) is 0 Å². The predicted molar refractivity (Wildman–Crippen MR) is 141 cm³/mol.